The Morgan fingerprint density at radius 1 is 1.30 bits per heavy atom. The molecule has 0 aliphatic heterocycles. The van der Waals surface area contributed by atoms with E-state index in [0.717, 1.165) is 16.0 Å². The highest BCUT2D eigenvalue weighted by Crippen LogP contribution is 2.33. The maximum absolute atomic E-state index is 12.5. The molecule has 2 heterocycles. The van der Waals surface area contributed by atoms with Crippen molar-refractivity contribution >= 4 is 51.6 Å². The lowest BCUT2D eigenvalue weighted by Crippen LogP contribution is -2.16. The van der Waals surface area contributed by atoms with Gasteiger partial charge in [-0.1, -0.05) is 35.5 Å². The molecule has 1 amide bonds. The van der Waals surface area contributed by atoms with E-state index in [1.54, 1.807) is 13.0 Å². The van der Waals surface area contributed by atoms with Crippen LogP contribution in [0.5, 0.6) is 0 Å². The molecule has 0 atom stereocenters. The van der Waals surface area contributed by atoms with Crippen LogP contribution in [-0.2, 0) is 16.6 Å². The second-order valence-corrected chi connectivity index (χ2v) is 9.02. The van der Waals surface area contributed by atoms with Gasteiger partial charge in [0.15, 0.2) is 11.0 Å². The molecule has 3 aromatic rings. The summed E-state index contributed by atoms with van der Waals surface area (Å²) in [7, 11) is 1.83. The van der Waals surface area contributed by atoms with E-state index >= 15 is 0 Å². The lowest BCUT2D eigenvalue weighted by molar-refractivity contribution is -0.113. The number of halogens is 1. The van der Waals surface area contributed by atoms with Gasteiger partial charge < -0.3 is 14.6 Å². The summed E-state index contributed by atoms with van der Waals surface area (Å²) < 4.78 is 6.94. The summed E-state index contributed by atoms with van der Waals surface area (Å²) in [5, 5.41) is 12.9. The maximum atomic E-state index is 12.5. The van der Waals surface area contributed by atoms with Crippen molar-refractivity contribution < 1.29 is 14.3 Å². The summed E-state index contributed by atoms with van der Waals surface area (Å²) in [5.74, 6) is 0.121. The Labute approximate surface area is 187 Å². The number of thioether (sulfide) groups is 1. The Morgan fingerprint density at radius 2 is 2.07 bits per heavy atom. The van der Waals surface area contributed by atoms with Crippen LogP contribution >= 0.6 is 34.7 Å². The number of thiophene rings is 1. The fourth-order valence-electron chi connectivity index (χ4n) is 2.78. The Kier molecular flexibility index (Phi) is 7.17. The van der Waals surface area contributed by atoms with Gasteiger partial charge in [0, 0.05) is 22.5 Å². The van der Waals surface area contributed by atoms with E-state index in [1.165, 1.54) is 23.1 Å². The van der Waals surface area contributed by atoms with Crippen LogP contribution in [0.25, 0.3) is 11.4 Å². The normalized spacial score (nSPS) is 10.8. The average Bonchev–Trinajstić information content (AvgIpc) is 3.19. The molecule has 0 fully saturated rings. The third kappa shape index (κ3) is 4.85. The number of aromatic nitrogens is 3. The van der Waals surface area contributed by atoms with Gasteiger partial charge in [-0.2, -0.15) is 0 Å². The number of carbonyl (C=O) groups is 2. The molecule has 1 N–H and O–H groups in total. The third-order valence-corrected chi connectivity index (χ3v) is 6.75. The molecule has 30 heavy (non-hydrogen) atoms. The molecule has 0 aliphatic carbocycles. The van der Waals surface area contributed by atoms with Gasteiger partial charge in [0.05, 0.1) is 17.9 Å². The van der Waals surface area contributed by atoms with E-state index in [9.17, 15) is 9.59 Å². The summed E-state index contributed by atoms with van der Waals surface area (Å²) in [6.07, 6.45) is 0. The topological polar surface area (TPSA) is 86.1 Å². The second-order valence-electron chi connectivity index (χ2n) is 6.42. The van der Waals surface area contributed by atoms with Crippen LogP contribution in [0.1, 0.15) is 27.7 Å². The van der Waals surface area contributed by atoms with Gasteiger partial charge in [-0.05, 0) is 38.5 Å². The standard InChI is InChI=1S/C20H21ClN4O3S2/c1-5-28-19(27)16-11(2)12(3)30-18(16)22-15(26)10-29-20-24-23-17(25(20)4)13-7-6-8-14(21)9-13/h6-9H,5,10H2,1-4H3,(H,22,26). The Bertz CT molecular complexity index is 1090. The van der Waals surface area contributed by atoms with Crippen LogP contribution in [-0.4, -0.2) is 39.0 Å². The van der Waals surface area contributed by atoms with Crippen LogP contribution in [0.4, 0.5) is 5.00 Å². The first-order valence-corrected chi connectivity index (χ1v) is 11.3. The lowest BCUT2D eigenvalue weighted by atomic mass is 10.1. The summed E-state index contributed by atoms with van der Waals surface area (Å²) in [6, 6.07) is 7.35. The van der Waals surface area contributed by atoms with Crippen molar-refractivity contribution in [3.63, 3.8) is 0 Å². The highest BCUT2D eigenvalue weighted by molar-refractivity contribution is 7.99. The summed E-state index contributed by atoms with van der Waals surface area (Å²) in [5.41, 5.74) is 2.08. The summed E-state index contributed by atoms with van der Waals surface area (Å²) in [4.78, 5) is 25.7. The zero-order chi connectivity index (χ0) is 21.8. The Hall–Kier alpha value is -2.36. The first-order chi connectivity index (χ1) is 14.3. The van der Waals surface area contributed by atoms with Crippen molar-refractivity contribution in [2.45, 2.75) is 25.9 Å². The number of carbonyl (C=O) groups excluding carboxylic acids is 2. The van der Waals surface area contributed by atoms with Gasteiger partial charge in [-0.15, -0.1) is 21.5 Å². The Morgan fingerprint density at radius 3 is 2.77 bits per heavy atom. The van der Waals surface area contributed by atoms with Crippen molar-refractivity contribution in [2.24, 2.45) is 7.05 Å². The molecule has 2 aromatic heterocycles. The van der Waals surface area contributed by atoms with Gasteiger partial charge >= 0.3 is 5.97 Å². The average molecular weight is 465 g/mol. The number of anilines is 1. The number of hydrogen-bond donors (Lipinski definition) is 1. The Balaban J connectivity index is 1.69. The summed E-state index contributed by atoms with van der Waals surface area (Å²) in [6.45, 7) is 5.78. The number of esters is 1. The van der Waals surface area contributed by atoms with Crippen molar-refractivity contribution in [1.29, 1.82) is 0 Å². The zero-order valence-corrected chi connectivity index (χ0v) is 19.4. The molecule has 0 spiro atoms. The van der Waals surface area contributed by atoms with Crippen molar-refractivity contribution in [3.8, 4) is 11.4 Å². The number of nitrogens with zero attached hydrogens (tertiary/aromatic N) is 3. The molecule has 0 bridgehead atoms. The molecule has 158 valence electrons. The van der Waals surface area contributed by atoms with Crippen LogP contribution in [0.15, 0.2) is 29.4 Å². The third-order valence-electron chi connectivity index (χ3n) is 4.37. The predicted octanol–water partition coefficient (Wildman–Crippen LogP) is 4.72. The van der Waals surface area contributed by atoms with Crippen molar-refractivity contribution in [1.82, 2.24) is 14.8 Å². The summed E-state index contributed by atoms with van der Waals surface area (Å²) >= 11 is 8.68. The molecular formula is C20H21ClN4O3S2. The second kappa shape index (κ2) is 9.63. The predicted molar refractivity (Wildman–Crippen MR) is 121 cm³/mol. The van der Waals surface area contributed by atoms with Gasteiger partial charge in [-0.3, -0.25) is 4.79 Å². The zero-order valence-electron chi connectivity index (χ0n) is 17.0. The maximum Gasteiger partial charge on any atom is 0.341 e. The van der Waals surface area contributed by atoms with Gasteiger partial charge in [0.1, 0.15) is 5.00 Å². The highest BCUT2D eigenvalue weighted by Gasteiger charge is 2.22. The van der Waals surface area contributed by atoms with Crippen LogP contribution in [0.3, 0.4) is 0 Å². The number of nitrogens with one attached hydrogen (secondary N) is 1. The molecule has 0 aliphatic rings. The SMILES string of the molecule is CCOC(=O)c1c(NC(=O)CSc2nnc(-c3cccc(Cl)c3)n2C)sc(C)c1C. The quantitative estimate of drug-likeness (QED) is 0.402. The van der Waals surface area contributed by atoms with Gasteiger partial charge in [-0.25, -0.2) is 4.79 Å². The van der Waals surface area contributed by atoms with Crippen LogP contribution in [0, 0.1) is 13.8 Å². The van der Waals surface area contributed by atoms with Crippen molar-refractivity contribution in [3.05, 3.63) is 45.3 Å². The van der Waals surface area contributed by atoms with Gasteiger partial charge in [0.2, 0.25) is 5.91 Å². The number of hydrogen-bond acceptors (Lipinski definition) is 7. The molecule has 7 nitrogen and oxygen atoms in total. The minimum absolute atomic E-state index is 0.125. The smallest absolute Gasteiger partial charge is 0.341 e. The van der Waals surface area contributed by atoms with E-state index in [4.69, 9.17) is 16.3 Å². The highest BCUT2D eigenvalue weighted by atomic mass is 35.5. The molecular weight excluding hydrogens is 444 g/mol. The van der Waals surface area contributed by atoms with Crippen LogP contribution in [0.2, 0.25) is 5.02 Å². The monoisotopic (exact) mass is 464 g/mol. The number of rotatable bonds is 7. The minimum atomic E-state index is -0.429. The minimum Gasteiger partial charge on any atom is -0.462 e. The molecule has 0 unspecified atom stereocenters. The number of amides is 1. The fourth-order valence-corrected chi connectivity index (χ4v) is 4.74. The van der Waals surface area contributed by atoms with E-state index in [1.807, 2.05) is 43.7 Å². The molecule has 0 radical (unpaired) electrons. The van der Waals surface area contributed by atoms with E-state index in [0.29, 0.717) is 26.6 Å². The van der Waals surface area contributed by atoms with Crippen LogP contribution < -0.4 is 5.32 Å². The largest absolute Gasteiger partial charge is 0.462 e. The number of aryl methyl sites for hydroxylation is 1. The first kappa shape index (κ1) is 22.3. The van der Waals surface area contributed by atoms with Crippen molar-refractivity contribution in [2.75, 3.05) is 17.7 Å². The lowest BCUT2D eigenvalue weighted by Gasteiger charge is -2.07. The molecule has 1 aromatic carbocycles. The molecule has 3 rings (SSSR count). The molecule has 0 saturated carbocycles. The van der Waals surface area contributed by atoms with E-state index in [-0.39, 0.29) is 18.3 Å². The van der Waals surface area contributed by atoms with Gasteiger partial charge in [0.25, 0.3) is 0 Å². The fraction of sp³-hybridized carbons (Fsp3) is 0.300. The molecule has 10 heteroatoms. The molecule has 0 saturated heterocycles. The van der Waals surface area contributed by atoms with E-state index < -0.39 is 5.97 Å². The number of benzene rings is 1. The number of ether oxygens (including phenoxy) is 1. The van der Waals surface area contributed by atoms with E-state index in [2.05, 4.69) is 15.5 Å². The first-order valence-electron chi connectivity index (χ1n) is 9.16.